The van der Waals surface area contributed by atoms with Crippen LogP contribution in [0.1, 0.15) is 19.7 Å². The quantitative estimate of drug-likeness (QED) is 0.598. The summed E-state index contributed by atoms with van der Waals surface area (Å²) in [5, 5.41) is 0. The zero-order chi connectivity index (χ0) is 9.35. The van der Waals surface area contributed by atoms with Crippen LogP contribution in [0.3, 0.4) is 0 Å². The first-order chi connectivity index (χ1) is 5.39. The van der Waals surface area contributed by atoms with Gasteiger partial charge in [-0.25, -0.2) is 4.98 Å². The molecule has 0 aliphatic heterocycles. The minimum atomic E-state index is -0.672. The summed E-state index contributed by atoms with van der Waals surface area (Å²) in [6, 6.07) is 1.22. The van der Waals surface area contributed by atoms with Crippen molar-refractivity contribution in [3.63, 3.8) is 0 Å². The number of nitrogens with zero attached hydrogens (tertiary/aromatic N) is 1. The zero-order valence-corrected chi connectivity index (χ0v) is 8.31. The number of aromatic nitrogens is 2. The molecule has 74 valence electrons. The van der Waals surface area contributed by atoms with E-state index in [9.17, 15) is 4.79 Å². The van der Waals surface area contributed by atoms with E-state index in [1.54, 1.807) is 13.8 Å². The number of hydrogen-bond donors (Lipinski definition) is 3. The van der Waals surface area contributed by atoms with Crippen molar-refractivity contribution in [1.29, 1.82) is 0 Å². The Morgan fingerprint density at radius 1 is 1.54 bits per heavy atom. The van der Waals surface area contributed by atoms with Gasteiger partial charge in [-0.3, -0.25) is 4.79 Å². The van der Waals surface area contributed by atoms with E-state index in [1.165, 1.54) is 6.07 Å². The van der Waals surface area contributed by atoms with Crippen LogP contribution < -0.4 is 17.0 Å². The number of hydrogen-bond acceptors (Lipinski definition) is 4. The highest BCUT2D eigenvalue weighted by Gasteiger charge is 2.17. The van der Waals surface area contributed by atoms with Gasteiger partial charge in [0.25, 0.3) is 5.56 Å². The number of anilines is 1. The van der Waals surface area contributed by atoms with Crippen LogP contribution in [-0.2, 0) is 5.54 Å². The van der Waals surface area contributed by atoms with Crippen molar-refractivity contribution < 1.29 is 0 Å². The fourth-order valence-corrected chi connectivity index (χ4v) is 0.782. The lowest BCUT2D eigenvalue weighted by Gasteiger charge is -2.16. The normalized spacial score (nSPS) is 10.7. The number of rotatable bonds is 1. The maximum Gasteiger partial charge on any atom is 0.253 e. The zero-order valence-electron chi connectivity index (χ0n) is 7.50. The Balaban J connectivity index is 0.00000144. The van der Waals surface area contributed by atoms with E-state index in [2.05, 4.69) is 9.97 Å². The molecule has 0 unspecified atom stereocenters. The Morgan fingerprint density at radius 2 is 2.08 bits per heavy atom. The highest BCUT2D eigenvalue weighted by molar-refractivity contribution is 5.85. The molecular formula is C7H13ClN4O. The summed E-state index contributed by atoms with van der Waals surface area (Å²) in [7, 11) is 0. The van der Waals surface area contributed by atoms with Crippen LogP contribution in [0.5, 0.6) is 0 Å². The Bertz CT molecular complexity index is 341. The SMILES string of the molecule is CC(C)(N)c1nc(N)cc(=O)[nH]1.Cl. The highest BCUT2D eigenvalue weighted by Crippen LogP contribution is 2.09. The number of halogens is 1. The van der Waals surface area contributed by atoms with Gasteiger partial charge in [-0.1, -0.05) is 0 Å². The number of nitrogen functional groups attached to an aromatic ring is 1. The predicted molar refractivity (Wildman–Crippen MR) is 53.7 cm³/mol. The summed E-state index contributed by atoms with van der Waals surface area (Å²) >= 11 is 0. The molecule has 0 radical (unpaired) electrons. The van der Waals surface area contributed by atoms with Crippen molar-refractivity contribution in [3.8, 4) is 0 Å². The van der Waals surface area contributed by atoms with E-state index >= 15 is 0 Å². The van der Waals surface area contributed by atoms with Crippen LogP contribution in [0.25, 0.3) is 0 Å². The summed E-state index contributed by atoms with van der Waals surface area (Å²) in [6.07, 6.45) is 0. The first-order valence-corrected chi connectivity index (χ1v) is 3.56. The Kier molecular flexibility index (Phi) is 3.45. The van der Waals surface area contributed by atoms with E-state index < -0.39 is 5.54 Å². The second kappa shape index (κ2) is 3.76. The molecule has 0 atom stereocenters. The molecule has 0 fully saturated rings. The fourth-order valence-electron chi connectivity index (χ4n) is 0.782. The fraction of sp³-hybridized carbons (Fsp3) is 0.429. The molecule has 1 aromatic rings. The van der Waals surface area contributed by atoms with Crippen molar-refractivity contribution in [2.24, 2.45) is 5.73 Å². The molecule has 1 rings (SSSR count). The molecule has 5 nitrogen and oxygen atoms in total. The summed E-state index contributed by atoms with van der Waals surface area (Å²) < 4.78 is 0. The molecule has 0 aromatic carbocycles. The van der Waals surface area contributed by atoms with Crippen molar-refractivity contribution >= 4 is 18.2 Å². The smallest absolute Gasteiger partial charge is 0.253 e. The number of aromatic amines is 1. The molecule has 1 aromatic heterocycles. The Hall–Kier alpha value is -1.07. The molecule has 0 amide bonds. The molecule has 1 heterocycles. The minimum absolute atomic E-state index is 0. The van der Waals surface area contributed by atoms with Gasteiger partial charge in [-0.15, -0.1) is 12.4 Å². The second-order valence-electron chi connectivity index (χ2n) is 3.24. The standard InChI is InChI=1S/C7H12N4O.ClH/c1-7(2,9)6-10-4(8)3-5(12)11-6;/h3H,9H2,1-2H3,(H3,8,10,11,12);1H. The summed E-state index contributed by atoms with van der Waals surface area (Å²) in [6.45, 7) is 3.48. The van der Waals surface area contributed by atoms with Gasteiger partial charge in [0, 0.05) is 6.07 Å². The Labute approximate surface area is 82.0 Å². The largest absolute Gasteiger partial charge is 0.383 e. The lowest BCUT2D eigenvalue weighted by molar-refractivity contribution is 0.512. The van der Waals surface area contributed by atoms with Crippen LogP contribution in [0.15, 0.2) is 10.9 Å². The van der Waals surface area contributed by atoms with Crippen molar-refractivity contribution in [3.05, 3.63) is 22.2 Å². The van der Waals surface area contributed by atoms with Crippen LogP contribution in [-0.4, -0.2) is 9.97 Å². The van der Waals surface area contributed by atoms with Gasteiger partial charge in [-0.05, 0) is 13.8 Å². The topological polar surface area (TPSA) is 97.8 Å². The van der Waals surface area contributed by atoms with Crippen LogP contribution >= 0.6 is 12.4 Å². The maximum absolute atomic E-state index is 10.9. The maximum atomic E-state index is 10.9. The number of nitrogens with two attached hydrogens (primary N) is 2. The molecule has 13 heavy (non-hydrogen) atoms. The van der Waals surface area contributed by atoms with Gasteiger partial charge in [0.05, 0.1) is 5.54 Å². The predicted octanol–water partition coefficient (Wildman–Crippen LogP) is -0.0323. The summed E-state index contributed by atoms with van der Waals surface area (Å²) in [4.78, 5) is 17.3. The third-order valence-corrected chi connectivity index (χ3v) is 1.37. The third-order valence-electron chi connectivity index (χ3n) is 1.37. The van der Waals surface area contributed by atoms with Gasteiger partial charge in [0.1, 0.15) is 11.6 Å². The molecular weight excluding hydrogens is 192 g/mol. The molecule has 0 aliphatic carbocycles. The highest BCUT2D eigenvalue weighted by atomic mass is 35.5. The van der Waals surface area contributed by atoms with Gasteiger partial charge < -0.3 is 16.5 Å². The molecule has 5 N–H and O–H groups in total. The first kappa shape index (κ1) is 11.9. The van der Waals surface area contributed by atoms with E-state index in [1.807, 2.05) is 0 Å². The van der Waals surface area contributed by atoms with Crippen LogP contribution in [0.4, 0.5) is 5.82 Å². The lowest BCUT2D eigenvalue weighted by atomic mass is 10.1. The average molecular weight is 205 g/mol. The molecule has 0 saturated carbocycles. The second-order valence-corrected chi connectivity index (χ2v) is 3.24. The first-order valence-electron chi connectivity index (χ1n) is 3.56. The third kappa shape index (κ3) is 3.04. The van der Waals surface area contributed by atoms with Gasteiger partial charge in [0.15, 0.2) is 0 Å². The molecule has 0 saturated heterocycles. The van der Waals surface area contributed by atoms with Gasteiger partial charge >= 0.3 is 0 Å². The molecule has 6 heteroatoms. The molecule has 0 aliphatic rings. The van der Waals surface area contributed by atoms with E-state index in [-0.39, 0.29) is 23.8 Å². The van der Waals surface area contributed by atoms with Gasteiger partial charge in [-0.2, -0.15) is 0 Å². The van der Waals surface area contributed by atoms with Crippen molar-refractivity contribution in [1.82, 2.24) is 9.97 Å². The number of H-pyrrole nitrogens is 1. The lowest BCUT2D eigenvalue weighted by Crippen LogP contribution is -2.33. The Morgan fingerprint density at radius 3 is 2.46 bits per heavy atom. The summed E-state index contributed by atoms with van der Waals surface area (Å²) in [5.41, 5.74) is 10.1. The van der Waals surface area contributed by atoms with E-state index in [0.717, 1.165) is 0 Å². The van der Waals surface area contributed by atoms with E-state index in [0.29, 0.717) is 5.82 Å². The monoisotopic (exact) mass is 204 g/mol. The molecule has 0 bridgehead atoms. The van der Waals surface area contributed by atoms with Crippen LogP contribution in [0, 0.1) is 0 Å². The number of nitrogens with one attached hydrogen (secondary N) is 1. The minimum Gasteiger partial charge on any atom is -0.383 e. The average Bonchev–Trinajstić information content (AvgIpc) is 1.82. The van der Waals surface area contributed by atoms with Gasteiger partial charge in [0.2, 0.25) is 0 Å². The molecule has 0 spiro atoms. The van der Waals surface area contributed by atoms with Crippen LogP contribution in [0.2, 0.25) is 0 Å². The van der Waals surface area contributed by atoms with E-state index in [4.69, 9.17) is 11.5 Å². The van der Waals surface area contributed by atoms with Crippen molar-refractivity contribution in [2.75, 3.05) is 5.73 Å². The van der Waals surface area contributed by atoms with Crippen molar-refractivity contribution in [2.45, 2.75) is 19.4 Å². The summed E-state index contributed by atoms with van der Waals surface area (Å²) in [5.74, 6) is 0.583.